The molecule has 0 unspecified atom stereocenters. The van der Waals surface area contributed by atoms with E-state index in [2.05, 4.69) is 10.3 Å². The fourth-order valence-corrected chi connectivity index (χ4v) is 2.60. The monoisotopic (exact) mass is 351 g/mol. The summed E-state index contributed by atoms with van der Waals surface area (Å²) in [6, 6.07) is 16.2. The van der Waals surface area contributed by atoms with Crippen LogP contribution in [0, 0.1) is 5.82 Å². The summed E-state index contributed by atoms with van der Waals surface area (Å²) in [6.45, 7) is 1.67. The smallest absolute Gasteiger partial charge is 0.254 e. The number of rotatable bonds is 5. The van der Waals surface area contributed by atoms with Crippen LogP contribution >= 0.6 is 0 Å². The molecule has 0 fully saturated rings. The lowest BCUT2D eigenvalue weighted by molar-refractivity contribution is -0.116. The number of hydrogen-bond donors (Lipinski definition) is 1. The van der Waals surface area contributed by atoms with Crippen molar-refractivity contribution in [3.63, 3.8) is 0 Å². The molecule has 0 bridgehead atoms. The average Bonchev–Trinajstić information content (AvgIpc) is 2.64. The maximum absolute atomic E-state index is 13.6. The molecule has 0 radical (unpaired) electrons. The zero-order valence-electron chi connectivity index (χ0n) is 14.3. The van der Waals surface area contributed by atoms with Crippen molar-refractivity contribution in [3.05, 3.63) is 82.5 Å². The van der Waals surface area contributed by atoms with E-state index in [1.165, 1.54) is 22.8 Å². The minimum Gasteiger partial charge on any atom is -0.325 e. The first-order valence-corrected chi connectivity index (χ1v) is 8.28. The van der Waals surface area contributed by atoms with Gasteiger partial charge in [0.15, 0.2) is 0 Å². The molecule has 132 valence electrons. The summed E-state index contributed by atoms with van der Waals surface area (Å²) in [4.78, 5) is 29.3. The van der Waals surface area contributed by atoms with Gasteiger partial charge in [0, 0.05) is 23.0 Å². The van der Waals surface area contributed by atoms with Gasteiger partial charge in [-0.1, -0.05) is 37.3 Å². The number of nitrogens with one attached hydrogen (secondary N) is 1. The largest absolute Gasteiger partial charge is 0.325 e. The van der Waals surface area contributed by atoms with Crippen LogP contribution in [0.3, 0.4) is 0 Å². The number of aromatic nitrogens is 2. The third-order valence-corrected chi connectivity index (χ3v) is 3.87. The molecule has 0 aliphatic heterocycles. The van der Waals surface area contributed by atoms with Crippen molar-refractivity contribution in [2.45, 2.75) is 19.9 Å². The summed E-state index contributed by atoms with van der Waals surface area (Å²) < 4.78 is 14.9. The van der Waals surface area contributed by atoms with Crippen molar-refractivity contribution in [2.24, 2.45) is 0 Å². The first-order chi connectivity index (χ1) is 12.6. The summed E-state index contributed by atoms with van der Waals surface area (Å²) in [5.74, 6) is -0.516. The van der Waals surface area contributed by atoms with Gasteiger partial charge in [-0.25, -0.2) is 9.37 Å². The van der Waals surface area contributed by atoms with Crippen LogP contribution in [0.2, 0.25) is 0 Å². The molecule has 0 atom stereocenters. The van der Waals surface area contributed by atoms with Crippen molar-refractivity contribution in [1.82, 2.24) is 9.55 Å². The molecule has 26 heavy (non-hydrogen) atoms. The van der Waals surface area contributed by atoms with Gasteiger partial charge in [-0.15, -0.1) is 0 Å². The van der Waals surface area contributed by atoms with Crippen molar-refractivity contribution in [2.75, 3.05) is 5.32 Å². The van der Waals surface area contributed by atoms with Gasteiger partial charge < -0.3 is 5.32 Å². The topological polar surface area (TPSA) is 64.0 Å². The highest BCUT2D eigenvalue weighted by molar-refractivity contribution is 5.90. The molecular weight excluding hydrogens is 333 g/mol. The molecule has 2 aromatic carbocycles. The van der Waals surface area contributed by atoms with Crippen LogP contribution in [-0.4, -0.2) is 15.5 Å². The molecule has 5 nitrogen and oxygen atoms in total. The SMILES string of the molecule is CCc1cc(=O)n(CC(=O)Nc2ccccc2)c(-c2cccc(F)c2)n1. The lowest BCUT2D eigenvalue weighted by Crippen LogP contribution is -2.30. The first kappa shape index (κ1) is 17.5. The number of para-hydroxylation sites is 1. The highest BCUT2D eigenvalue weighted by atomic mass is 19.1. The van der Waals surface area contributed by atoms with Gasteiger partial charge in [-0.2, -0.15) is 0 Å². The number of hydrogen-bond acceptors (Lipinski definition) is 3. The molecule has 0 saturated heterocycles. The number of aryl methyl sites for hydroxylation is 1. The maximum atomic E-state index is 13.6. The van der Waals surface area contributed by atoms with Crippen LogP contribution in [0.1, 0.15) is 12.6 Å². The first-order valence-electron chi connectivity index (χ1n) is 8.28. The van der Waals surface area contributed by atoms with Gasteiger partial charge in [0.05, 0.1) is 0 Å². The second-order valence-corrected chi connectivity index (χ2v) is 5.77. The van der Waals surface area contributed by atoms with Gasteiger partial charge in [0.1, 0.15) is 18.2 Å². The molecule has 0 aliphatic rings. The number of benzene rings is 2. The van der Waals surface area contributed by atoms with E-state index in [-0.39, 0.29) is 23.8 Å². The Morgan fingerprint density at radius 3 is 2.58 bits per heavy atom. The Bertz CT molecular complexity index is 984. The van der Waals surface area contributed by atoms with Crippen molar-refractivity contribution in [1.29, 1.82) is 0 Å². The number of anilines is 1. The molecule has 1 N–H and O–H groups in total. The number of carbonyl (C=O) groups excluding carboxylic acids is 1. The number of halogens is 1. The Morgan fingerprint density at radius 2 is 1.88 bits per heavy atom. The minimum absolute atomic E-state index is 0.212. The predicted octanol–water partition coefficient (Wildman–Crippen LogP) is 3.25. The van der Waals surface area contributed by atoms with Crippen molar-refractivity contribution in [3.8, 4) is 11.4 Å². The normalized spacial score (nSPS) is 10.5. The van der Waals surface area contributed by atoms with E-state index < -0.39 is 5.82 Å². The fraction of sp³-hybridized carbons (Fsp3) is 0.150. The van der Waals surface area contributed by atoms with E-state index in [0.717, 1.165) is 0 Å². The molecule has 3 aromatic rings. The number of carbonyl (C=O) groups is 1. The Kier molecular flexibility index (Phi) is 5.22. The van der Waals surface area contributed by atoms with Crippen LogP contribution in [0.15, 0.2) is 65.5 Å². The fourth-order valence-electron chi connectivity index (χ4n) is 2.60. The molecule has 6 heteroatoms. The Balaban J connectivity index is 1.98. The van der Waals surface area contributed by atoms with Gasteiger partial charge in [-0.05, 0) is 30.7 Å². The molecular formula is C20H18FN3O2. The minimum atomic E-state index is -0.432. The molecule has 0 spiro atoms. The summed E-state index contributed by atoms with van der Waals surface area (Å²) in [7, 11) is 0. The quantitative estimate of drug-likeness (QED) is 0.767. The molecule has 1 amide bonds. The van der Waals surface area contributed by atoms with E-state index in [1.807, 2.05) is 13.0 Å². The summed E-state index contributed by atoms with van der Waals surface area (Å²) >= 11 is 0. The second-order valence-electron chi connectivity index (χ2n) is 5.77. The van der Waals surface area contributed by atoms with Crippen LogP contribution in [-0.2, 0) is 17.8 Å². The lowest BCUT2D eigenvalue weighted by Gasteiger charge is -2.13. The van der Waals surface area contributed by atoms with Gasteiger partial charge in [-0.3, -0.25) is 14.2 Å². The molecule has 0 aliphatic carbocycles. The highest BCUT2D eigenvalue weighted by Gasteiger charge is 2.14. The average molecular weight is 351 g/mol. The molecule has 1 heterocycles. The molecule has 0 saturated carbocycles. The van der Waals surface area contributed by atoms with E-state index in [0.29, 0.717) is 23.4 Å². The Labute approximate surface area is 150 Å². The maximum Gasteiger partial charge on any atom is 0.254 e. The van der Waals surface area contributed by atoms with Crippen molar-refractivity contribution >= 4 is 11.6 Å². The summed E-state index contributed by atoms with van der Waals surface area (Å²) in [6.07, 6.45) is 0.564. The van der Waals surface area contributed by atoms with E-state index in [1.54, 1.807) is 36.4 Å². The lowest BCUT2D eigenvalue weighted by atomic mass is 10.2. The van der Waals surface area contributed by atoms with Gasteiger partial charge in [0.2, 0.25) is 5.91 Å². The molecule has 3 rings (SSSR count). The molecule has 1 aromatic heterocycles. The Hall–Kier alpha value is -3.28. The van der Waals surface area contributed by atoms with Crippen molar-refractivity contribution < 1.29 is 9.18 Å². The summed E-state index contributed by atoms with van der Waals surface area (Å²) in [5, 5.41) is 2.74. The van der Waals surface area contributed by atoms with Gasteiger partial charge >= 0.3 is 0 Å². The van der Waals surface area contributed by atoms with E-state index >= 15 is 0 Å². The van der Waals surface area contributed by atoms with E-state index in [9.17, 15) is 14.0 Å². The van der Waals surface area contributed by atoms with Crippen LogP contribution < -0.4 is 10.9 Å². The van der Waals surface area contributed by atoms with Crippen LogP contribution in [0.4, 0.5) is 10.1 Å². The number of amides is 1. The highest BCUT2D eigenvalue weighted by Crippen LogP contribution is 2.18. The van der Waals surface area contributed by atoms with Crippen LogP contribution in [0.5, 0.6) is 0 Å². The second kappa shape index (κ2) is 7.74. The van der Waals surface area contributed by atoms with Gasteiger partial charge in [0.25, 0.3) is 5.56 Å². The number of nitrogens with zero attached hydrogens (tertiary/aromatic N) is 2. The predicted molar refractivity (Wildman–Crippen MR) is 98.3 cm³/mol. The van der Waals surface area contributed by atoms with E-state index in [4.69, 9.17) is 0 Å². The standard InChI is InChI=1S/C20H18FN3O2/c1-2-16-12-19(26)24(13-18(25)22-17-9-4-3-5-10-17)20(23-16)14-7-6-8-15(21)11-14/h3-12H,2,13H2,1H3,(H,22,25). The zero-order chi connectivity index (χ0) is 18.5. The third-order valence-electron chi connectivity index (χ3n) is 3.87. The zero-order valence-corrected chi connectivity index (χ0v) is 14.3. The Morgan fingerprint density at radius 1 is 1.12 bits per heavy atom. The van der Waals surface area contributed by atoms with Crippen LogP contribution in [0.25, 0.3) is 11.4 Å². The third kappa shape index (κ3) is 4.03. The summed E-state index contributed by atoms with van der Waals surface area (Å²) in [5.41, 5.74) is 1.33.